The van der Waals surface area contributed by atoms with Gasteiger partial charge in [-0.2, -0.15) is 0 Å². The van der Waals surface area contributed by atoms with Crippen LogP contribution in [0.2, 0.25) is 0 Å². The van der Waals surface area contributed by atoms with E-state index >= 15 is 0 Å². The molecule has 2 heterocycles. The van der Waals surface area contributed by atoms with Crippen molar-refractivity contribution in [1.82, 2.24) is 15.2 Å². The van der Waals surface area contributed by atoms with E-state index in [4.69, 9.17) is 4.74 Å². The molecule has 0 atom stereocenters. The molecule has 1 N–H and O–H groups in total. The molecule has 0 aliphatic carbocycles. The first-order chi connectivity index (χ1) is 8.85. The highest BCUT2D eigenvalue weighted by molar-refractivity contribution is 7.22. The fraction of sp³-hybridized carbons (Fsp3) is 0.545. The number of hydrogen-bond acceptors (Lipinski definition) is 7. The maximum absolute atomic E-state index is 5.12. The van der Waals surface area contributed by atoms with Gasteiger partial charge in [0.15, 0.2) is 5.01 Å². The summed E-state index contributed by atoms with van der Waals surface area (Å²) in [4.78, 5) is 5.33. The average Bonchev–Trinajstić information content (AvgIpc) is 2.98. The van der Waals surface area contributed by atoms with Crippen LogP contribution in [0, 0.1) is 0 Å². The Morgan fingerprint density at radius 3 is 3.06 bits per heavy atom. The average molecular weight is 284 g/mol. The molecule has 0 aromatic carbocycles. The predicted octanol–water partition coefficient (Wildman–Crippen LogP) is 3.02. The molecule has 0 bridgehead atoms. The zero-order valence-electron chi connectivity index (χ0n) is 10.5. The van der Waals surface area contributed by atoms with E-state index in [2.05, 4.69) is 27.4 Å². The fourth-order valence-corrected chi connectivity index (χ4v) is 3.12. The summed E-state index contributed by atoms with van der Waals surface area (Å²) >= 11 is 3.14. The first-order valence-corrected chi connectivity index (χ1v) is 7.53. The van der Waals surface area contributed by atoms with Crippen molar-refractivity contribution < 1.29 is 4.74 Å². The molecule has 0 unspecified atom stereocenters. The van der Waals surface area contributed by atoms with Gasteiger partial charge in [0.2, 0.25) is 5.13 Å². The fourth-order valence-electron chi connectivity index (χ4n) is 1.44. The number of ether oxygens (including phenoxy) is 1. The van der Waals surface area contributed by atoms with E-state index in [1.54, 1.807) is 29.8 Å². The molecule has 2 aromatic rings. The molecule has 2 rings (SSSR count). The zero-order valence-corrected chi connectivity index (χ0v) is 12.1. The van der Waals surface area contributed by atoms with Gasteiger partial charge < -0.3 is 10.1 Å². The van der Waals surface area contributed by atoms with E-state index in [1.165, 1.54) is 6.42 Å². The number of thiazole rings is 1. The summed E-state index contributed by atoms with van der Waals surface area (Å²) in [6.07, 6.45) is 2.32. The lowest BCUT2D eigenvalue weighted by Gasteiger charge is -1.98. The van der Waals surface area contributed by atoms with Gasteiger partial charge in [-0.05, 0) is 6.42 Å². The van der Waals surface area contributed by atoms with Crippen molar-refractivity contribution in [3.8, 4) is 9.88 Å². The molecule has 5 nitrogen and oxygen atoms in total. The number of methoxy groups -OCH3 is 1. The van der Waals surface area contributed by atoms with Crippen LogP contribution in [0.1, 0.15) is 25.5 Å². The van der Waals surface area contributed by atoms with Crippen LogP contribution >= 0.6 is 22.7 Å². The number of rotatable bonds is 7. The smallest absolute Gasteiger partial charge is 0.206 e. The SMILES string of the molecule is CCCCNc1nnc(-c2scnc2COC)s1. The van der Waals surface area contributed by atoms with Gasteiger partial charge >= 0.3 is 0 Å². The highest BCUT2D eigenvalue weighted by Crippen LogP contribution is 2.32. The van der Waals surface area contributed by atoms with Gasteiger partial charge in [0.1, 0.15) is 0 Å². The van der Waals surface area contributed by atoms with Crippen LogP contribution in [0.4, 0.5) is 5.13 Å². The molecule has 0 aliphatic rings. The molecule has 0 radical (unpaired) electrons. The molecule has 0 amide bonds. The van der Waals surface area contributed by atoms with Gasteiger partial charge in [-0.1, -0.05) is 24.7 Å². The van der Waals surface area contributed by atoms with E-state index in [0.717, 1.165) is 33.7 Å². The van der Waals surface area contributed by atoms with Crippen LogP contribution in [0.5, 0.6) is 0 Å². The Balaban J connectivity index is 2.06. The lowest BCUT2D eigenvalue weighted by atomic mass is 10.3. The van der Waals surface area contributed by atoms with Crippen LogP contribution in [-0.2, 0) is 11.3 Å². The van der Waals surface area contributed by atoms with E-state index in [-0.39, 0.29) is 0 Å². The molecule has 0 saturated heterocycles. The first-order valence-electron chi connectivity index (χ1n) is 5.84. The van der Waals surface area contributed by atoms with Crippen LogP contribution < -0.4 is 5.32 Å². The van der Waals surface area contributed by atoms with Crippen LogP contribution in [0.15, 0.2) is 5.51 Å². The standard InChI is InChI=1S/C11H16N4OS2/c1-3-4-5-12-11-15-14-10(18-11)9-8(6-16-2)13-7-17-9/h7H,3-6H2,1-2H3,(H,12,15). The third kappa shape index (κ3) is 3.24. The number of hydrogen-bond donors (Lipinski definition) is 1. The van der Waals surface area contributed by atoms with E-state index in [1.807, 2.05) is 5.51 Å². The minimum Gasteiger partial charge on any atom is -0.378 e. The number of nitrogens with zero attached hydrogens (tertiary/aromatic N) is 3. The Morgan fingerprint density at radius 1 is 1.39 bits per heavy atom. The summed E-state index contributed by atoms with van der Waals surface area (Å²) in [5.41, 5.74) is 2.74. The highest BCUT2D eigenvalue weighted by Gasteiger charge is 2.13. The van der Waals surface area contributed by atoms with Gasteiger partial charge in [-0.3, -0.25) is 0 Å². The molecule has 0 fully saturated rings. The lowest BCUT2D eigenvalue weighted by Crippen LogP contribution is -1.99. The Morgan fingerprint density at radius 2 is 2.28 bits per heavy atom. The first kappa shape index (κ1) is 13.4. The van der Waals surface area contributed by atoms with E-state index in [9.17, 15) is 0 Å². The summed E-state index contributed by atoms with van der Waals surface area (Å²) in [7, 11) is 1.67. The van der Waals surface area contributed by atoms with Crippen molar-refractivity contribution in [3.63, 3.8) is 0 Å². The second kappa shape index (κ2) is 6.77. The summed E-state index contributed by atoms with van der Waals surface area (Å²) < 4.78 is 5.12. The lowest BCUT2D eigenvalue weighted by molar-refractivity contribution is 0.182. The van der Waals surface area contributed by atoms with Crippen molar-refractivity contribution in [3.05, 3.63) is 11.2 Å². The van der Waals surface area contributed by atoms with Crippen LogP contribution in [0.25, 0.3) is 9.88 Å². The van der Waals surface area contributed by atoms with Crippen molar-refractivity contribution in [2.75, 3.05) is 19.0 Å². The van der Waals surface area contributed by atoms with Crippen LogP contribution in [0.3, 0.4) is 0 Å². The summed E-state index contributed by atoms with van der Waals surface area (Å²) in [5.74, 6) is 0. The molecule has 0 aliphatic heterocycles. The molecule has 18 heavy (non-hydrogen) atoms. The quantitative estimate of drug-likeness (QED) is 0.792. The minimum atomic E-state index is 0.511. The predicted molar refractivity (Wildman–Crippen MR) is 75.1 cm³/mol. The number of unbranched alkanes of at least 4 members (excludes halogenated alkanes) is 1. The largest absolute Gasteiger partial charge is 0.378 e. The Bertz CT molecular complexity index is 483. The van der Waals surface area contributed by atoms with Gasteiger partial charge in [0, 0.05) is 13.7 Å². The third-order valence-corrected chi connectivity index (χ3v) is 4.25. The molecule has 0 spiro atoms. The summed E-state index contributed by atoms with van der Waals surface area (Å²) in [5, 5.41) is 13.4. The molecular formula is C11H16N4OS2. The van der Waals surface area contributed by atoms with Crippen LogP contribution in [-0.4, -0.2) is 28.8 Å². The maximum atomic E-state index is 5.12. The van der Waals surface area contributed by atoms with Gasteiger partial charge in [0.05, 0.1) is 22.7 Å². The Kier molecular flexibility index (Phi) is 5.03. The normalized spacial score (nSPS) is 10.8. The van der Waals surface area contributed by atoms with E-state index in [0.29, 0.717) is 6.61 Å². The second-order valence-corrected chi connectivity index (χ2v) is 5.59. The molecule has 7 heteroatoms. The van der Waals surface area contributed by atoms with Crippen molar-refractivity contribution >= 4 is 27.8 Å². The maximum Gasteiger partial charge on any atom is 0.206 e. The topological polar surface area (TPSA) is 59.9 Å². The molecular weight excluding hydrogens is 268 g/mol. The van der Waals surface area contributed by atoms with Crippen molar-refractivity contribution in [2.45, 2.75) is 26.4 Å². The van der Waals surface area contributed by atoms with Crippen molar-refractivity contribution in [1.29, 1.82) is 0 Å². The number of nitrogens with one attached hydrogen (secondary N) is 1. The van der Waals surface area contributed by atoms with Gasteiger partial charge in [-0.15, -0.1) is 21.5 Å². The highest BCUT2D eigenvalue weighted by atomic mass is 32.1. The Labute approximate surface area is 114 Å². The summed E-state index contributed by atoms with van der Waals surface area (Å²) in [6.45, 7) is 3.62. The Hall–Kier alpha value is -1.05. The molecule has 0 saturated carbocycles. The number of anilines is 1. The van der Waals surface area contributed by atoms with Gasteiger partial charge in [-0.25, -0.2) is 4.98 Å². The van der Waals surface area contributed by atoms with Gasteiger partial charge in [0.25, 0.3) is 0 Å². The van der Waals surface area contributed by atoms with E-state index < -0.39 is 0 Å². The third-order valence-electron chi connectivity index (χ3n) is 2.35. The summed E-state index contributed by atoms with van der Waals surface area (Å²) in [6, 6.07) is 0. The number of aromatic nitrogens is 3. The molecule has 2 aromatic heterocycles. The zero-order chi connectivity index (χ0) is 12.8. The monoisotopic (exact) mass is 284 g/mol. The molecule has 98 valence electrons. The second-order valence-electron chi connectivity index (χ2n) is 3.75. The van der Waals surface area contributed by atoms with Crippen molar-refractivity contribution in [2.24, 2.45) is 0 Å². The minimum absolute atomic E-state index is 0.511.